The van der Waals surface area contributed by atoms with E-state index >= 15 is 0 Å². The Labute approximate surface area is 330 Å². The molecule has 0 atom stereocenters. The maximum absolute atomic E-state index is 6.28. The Morgan fingerprint density at radius 1 is 0.333 bits per heavy atom. The second-order valence-corrected chi connectivity index (χ2v) is 14.5. The van der Waals surface area contributed by atoms with E-state index in [1.807, 2.05) is 12.1 Å². The standard InChI is InChI=1S/C54H36N2O/c1-4-15-37(16-5-1)44-33-31-42(35-48(44)38-17-6-2-7-18-38)55(43-32-34-53-49(36-43)46-21-11-13-26-52(46)57-53)41-29-27-39(28-30-41)45-23-14-25-51-54(45)47-22-10-12-24-50(47)56(51)40-19-8-3-9-20-40/h1-36H. The maximum Gasteiger partial charge on any atom is 0.135 e. The van der Waals surface area contributed by atoms with Gasteiger partial charge in [0.25, 0.3) is 0 Å². The number of furan rings is 1. The van der Waals surface area contributed by atoms with Crippen LogP contribution >= 0.6 is 0 Å². The number of aromatic nitrogens is 1. The third-order valence-electron chi connectivity index (χ3n) is 11.2. The van der Waals surface area contributed by atoms with Gasteiger partial charge in [0.15, 0.2) is 0 Å². The molecule has 2 heterocycles. The number of hydrogen-bond donors (Lipinski definition) is 0. The number of rotatable bonds is 7. The predicted molar refractivity (Wildman–Crippen MR) is 239 cm³/mol. The first-order valence-corrected chi connectivity index (χ1v) is 19.4. The number of nitrogens with zero attached hydrogens (tertiary/aromatic N) is 2. The normalized spacial score (nSPS) is 11.5. The van der Waals surface area contributed by atoms with E-state index in [-0.39, 0.29) is 0 Å². The molecule has 0 bridgehead atoms. The van der Waals surface area contributed by atoms with Crippen molar-refractivity contribution in [3.05, 3.63) is 218 Å². The zero-order valence-electron chi connectivity index (χ0n) is 31.1. The van der Waals surface area contributed by atoms with Gasteiger partial charge in [0.05, 0.1) is 11.0 Å². The quantitative estimate of drug-likeness (QED) is 0.163. The molecule has 0 radical (unpaired) electrons. The van der Waals surface area contributed by atoms with Crippen molar-refractivity contribution in [1.29, 1.82) is 0 Å². The van der Waals surface area contributed by atoms with Crippen molar-refractivity contribution in [3.63, 3.8) is 0 Å². The van der Waals surface area contributed by atoms with Crippen molar-refractivity contribution in [2.45, 2.75) is 0 Å². The topological polar surface area (TPSA) is 21.3 Å². The Hall–Kier alpha value is -7.62. The first-order valence-electron chi connectivity index (χ1n) is 19.4. The van der Waals surface area contributed by atoms with Crippen LogP contribution in [0.4, 0.5) is 17.1 Å². The highest BCUT2D eigenvalue weighted by molar-refractivity contribution is 6.16. The van der Waals surface area contributed by atoms with Gasteiger partial charge in [0.1, 0.15) is 11.2 Å². The molecular formula is C54H36N2O. The van der Waals surface area contributed by atoms with Crippen molar-refractivity contribution in [1.82, 2.24) is 4.57 Å². The van der Waals surface area contributed by atoms with Gasteiger partial charge >= 0.3 is 0 Å². The highest BCUT2D eigenvalue weighted by Gasteiger charge is 2.20. The fourth-order valence-corrected chi connectivity index (χ4v) is 8.60. The van der Waals surface area contributed by atoms with E-state index in [0.717, 1.165) is 44.7 Å². The van der Waals surface area contributed by atoms with Crippen LogP contribution in [0.1, 0.15) is 0 Å². The first kappa shape index (κ1) is 32.8. The minimum atomic E-state index is 0.877. The summed E-state index contributed by atoms with van der Waals surface area (Å²) in [6.45, 7) is 0. The second-order valence-electron chi connectivity index (χ2n) is 14.5. The molecule has 0 saturated carbocycles. The van der Waals surface area contributed by atoms with Crippen LogP contribution < -0.4 is 4.90 Å². The van der Waals surface area contributed by atoms with Gasteiger partial charge in [-0.15, -0.1) is 0 Å². The molecule has 0 amide bonds. The summed E-state index contributed by atoms with van der Waals surface area (Å²) in [7, 11) is 0. The predicted octanol–water partition coefficient (Wildman–Crippen LogP) is 15.2. The summed E-state index contributed by atoms with van der Waals surface area (Å²) in [5.41, 5.74) is 15.6. The monoisotopic (exact) mass is 728 g/mol. The number of fused-ring (bicyclic) bond motifs is 6. The van der Waals surface area contributed by atoms with Crippen LogP contribution in [-0.2, 0) is 0 Å². The number of para-hydroxylation sites is 3. The van der Waals surface area contributed by atoms with Gasteiger partial charge < -0.3 is 13.9 Å². The molecule has 3 heteroatoms. The lowest BCUT2D eigenvalue weighted by Gasteiger charge is -2.27. The van der Waals surface area contributed by atoms with Crippen LogP contribution in [0.3, 0.4) is 0 Å². The summed E-state index contributed by atoms with van der Waals surface area (Å²) < 4.78 is 8.66. The smallest absolute Gasteiger partial charge is 0.135 e. The number of benzene rings is 9. The summed E-state index contributed by atoms with van der Waals surface area (Å²) in [5.74, 6) is 0. The van der Waals surface area contributed by atoms with Crippen LogP contribution in [-0.4, -0.2) is 4.57 Å². The van der Waals surface area contributed by atoms with Crippen molar-refractivity contribution >= 4 is 60.8 Å². The van der Waals surface area contributed by atoms with Crippen LogP contribution in [0.2, 0.25) is 0 Å². The van der Waals surface area contributed by atoms with E-state index in [0.29, 0.717) is 0 Å². The van der Waals surface area contributed by atoms with E-state index in [4.69, 9.17) is 4.42 Å². The Balaban J connectivity index is 1.09. The molecule has 0 aliphatic carbocycles. The van der Waals surface area contributed by atoms with Gasteiger partial charge in [0, 0.05) is 44.3 Å². The van der Waals surface area contributed by atoms with Gasteiger partial charge in [-0.1, -0.05) is 146 Å². The minimum Gasteiger partial charge on any atom is -0.456 e. The number of anilines is 3. The lowest BCUT2D eigenvalue weighted by Crippen LogP contribution is -2.10. The molecule has 11 rings (SSSR count). The molecule has 2 aromatic heterocycles. The van der Waals surface area contributed by atoms with Crippen molar-refractivity contribution in [2.75, 3.05) is 4.90 Å². The molecule has 0 aliphatic rings. The van der Waals surface area contributed by atoms with Crippen molar-refractivity contribution in [2.24, 2.45) is 0 Å². The molecule has 268 valence electrons. The van der Waals surface area contributed by atoms with E-state index in [2.05, 4.69) is 216 Å². The van der Waals surface area contributed by atoms with Crippen LogP contribution in [0.15, 0.2) is 223 Å². The second kappa shape index (κ2) is 13.6. The van der Waals surface area contributed by atoms with Crippen LogP contribution in [0.25, 0.3) is 82.8 Å². The molecule has 0 fully saturated rings. The molecule has 57 heavy (non-hydrogen) atoms. The third kappa shape index (κ3) is 5.60. The molecule has 0 spiro atoms. The molecule has 0 N–H and O–H groups in total. The highest BCUT2D eigenvalue weighted by Crippen LogP contribution is 2.44. The van der Waals surface area contributed by atoms with Gasteiger partial charge in [-0.2, -0.15) is 0 Å². The maximum atomic E-state index is 6.28. The van der Waals surface area contributed by atoms with Crippen molar-refractivity contribution in [3.8, 4) is 39.1 Å². The Morgan fingerprint density at radius 3 is 1.67 bits per heavy atom. The van der Waals surface area contributed by atoms with Crippen LogP contribution in [0, 0.1) is 0 Å². The third-order valence-corrected chi connectivity index (χ3v) is 11.2. The van der Waals surface area contributed by atoms with E-state index in [1.165, 1.54) is 55.2 Å². The van der Waals surface area contributed by atoms with Gasteiger partial charge in [0.2, 0.25) is 0 Å². The Kier molecular flexibility index (Phi) is 7.82. The molecule has 9 aromatic carbocycles. The summed E-state index contributed by atoms with van der Waals surface area (Å²) in [6, 6.07) is 78.2. The molecule has 0 saturated heterocycles. The first-order chi connectivity index (χ1) is 28.3. The molecule has 3 nitrogen and oxygen atoms in total. The largest absolute Gasteiger partial charge is 0.456 e. The summed E-state index contributed by atoms with van der Waals surface area (Å²) >= 11 is 0. The van der Waals surface area contributed by atoms with Gasteiger partial charge in [-0.05, 0) is 106 Å². The molecule has 0 unspecified atom stereocenters. The van der Waals surface area contributed by atoms with Gasteiger partial charge in [-0.25, -0.2) is 0 Å². The summed E-state index contributed by atoms with van der Waals surface area (Å²) in [6.07, 6.45) is 0. The molecular weight excluding hydrogens is 693 g/mol. The van der Waals surface area contributed by atoms with E-state index in [9.17, 15) is 0 Å². The van der Waals surface area contributed by atoms with Gasteiger partial charge in [-0.3, -0.25) is 0 Å². The minimum absolute atomic E-state index is 0.877. The molecule has 0 aliphatic heterocycles. The summed E-state index contributed by atoms with van der Waals surface area (Å²) in [4.78, 5) is 2.37. The lowest BCUT2D eigenvalue weighted by atomic mass is 9.93. The molecule has 11 aromatic rings. The average molecular weight is 729 g/mol. The lowest BCUT2D eigenvalue weighted by molar-refractivity contribution is 0.669. The summed E-state index contributed by atoms with van der Waals surface area (Å²) in [5, 5.41) is 4.69. The number of hydrogen-bond acceptors (Lipinski definition) is 2. The SMILES string of the molecule is c1ccc(-c2ccc(N(c3ccc(-c4cccc5c4c4ccccc4n5-c4ccccc4)cc3)c3ccc4oc5ccccc5c4c3)cc2-c2ccccc2)cc1. The highest BCUT2D eigenvalue weighted by atomic mass is 16.3. The Bertz CT molecular complexity index is 3220. The van der Waals surface area contributed by atoms with Crippen LogP contribution in [0.5, 0.6) is 0 Å². The zero-order chi connectivity index (χ0) is 37.7. The van der Waals surface area contributed by atoms with E-state index in [1.54, 1.807) is 0 Å². The fraction of sp³-hybridized carbons (Fsp3) is 0. The fourth-order valence-electron chi connectivity index (χ4n) is 8.60. The zero-order valence-corrected chi connectivity index (χ0v) is 31.1. The van der Waals surface area contributed by atoms with Crippen molar-refractivity contribution < 1.29 is 4.42 Å². The Morgan fingerprint density at radius 2 is 0.895 bits per heavy atom. The van der Waals surface area contributed by atoms with E-state index < -0.39 is 0 Å². The average Bonchev–Trinajstić information content (AvgIpc) is 3.83.